The van der Waals surface area contributed by atoms with Gasteiger partial charge in [-0.3, -0.25) is 4.79 Å². The highest BCUT2D eigenvalue weighted by molar-refractivity contribution is 5.86. The molecule has 1 heteroatoms. The van der Waals surface area contributed by atoms with E-state index in [2.05, 4.69) is 27.7 Å². The molecule has 76 valence electrons. The van der Waals surface area contributed by atoms with Crippen LogP contribution in [0.1, 0.15) is 59.8 Å². The molecule has 13 heavy (non-hydrogen) atoms. The predicted molar refractivity (Wildman–Crippen MR) is 55.7 cm³/mol. The van der Waals surface area contributed by atoms with Crippen molar-refractivity contribution in [3.8, 4) is 0 Å². The smallest absolute Gasteiger partial charge is 0.139 e. The highest BCUT2D eigenvalue weighted by Crippen LogP contribution is 2.46. The summed E-state index contributed by atoms with van der Waals surface area (Å²) in [4.78, 5) is 12.0. The van der Waals surface area contributed by atoms with E-state index in [9.17, 15) is 4.79 Å². The quantitative estimate of drug-likeness (QED) is 0.638. The van der Waals surface area contributed by atoms with E-state index >= 15 is 0 Å². The fourth-order valence-corrected chi connectivity index (χ4v) is 2.43. The van der Waals surface area contributed by atoms with Crippen molar-refractivity contribution >= 4 is 5.78 Å². The summed E-state index contributed by atoms with van der Waals surface area (Å²) in [6.07, 6.45) is 5.15. The van der Waals surface area contributed by atoms with Crippen molar-refractivity contribution in [3.05, 3.63) is 0 Å². The largest absolute Gasteiger partial charge is 0.299 e. The normalized spacial score (nSPS) is 26.0. The van der Waals surface area contributed by atoms with Crippen molar-refractivity contribution in [2.75, 3.05) is 0 Å². The van der Waals surface area contributed by atoms with Crippen LogP contribution in [0.2, 0.25) is 0 Å². The highest BCUT2D eigenvalue weighted by Gasteiger charge is 2.42. The molecule has 0 heterocycles. The molecule has 0 aliphatic heterocycles. The van der Waals surface area contributed by atoms with E-state index in [1.54, 1.807) is 0 Å². The lowest BCUT2D eigenvalue weighted by Gasteiger charge is -2.41. The van der Waals surface area contributed by atoms with Crippen LogP contribution in [0.15, 0.2) is 0 Å². The van der Waals surface area contributed by atoms with Gasteiger partial charge in [0.2, 0.25) is 0 Å². The Morgan fingerprint density at radius 3 is 2.08 bits per heavy atom. The van der Waals surface area contributed by atoms with E-state index in [1.165, 1.54) is 6.42 Å². The molecule has 1 saturated carbocycles. The van der Waals surface area contributed by atoms with Gasteiger partial charge >= 0.3 is 0 Å². The van der Waals surface area contributed by atoms with Crippen molar-refractivity contribution in [2.45, 2.75) is 59.8 Å². The molecule has 0 unspecified atom stereocenters. The summed E-state index contributed by atoms with van der Waals surface area (Å²) in [6, 6.07) is 0. The molecule has 1 nitrogen and oxygen atoms in total. The highest BCUT2D eigenvalue weighted by atomic mass is 16.1. The first-order valence-corrected chi connectivity index (χ1v) is 5.49. The van der Waals surface area contributed by atoms with Crippen molar-refractivity contribution in [3.63, 3.8) is 0 Å². The van der Waals surface area contributed by atoms with E-state index in [4.69, 9.17) is 0 Å². The van der Waals surface area contributed by atoms with Gasteiger partial charge in [0.05, 0.1) is 0 Å². The van der Waals surface area contributed by atoms with Gasteiger partial charge in [-0.2, -0.15) is 0 Å². The zero-order valence-electron chi connectivity index (χ0n) is 9.44. The molecule has 0 aromatic heterocycles. The topological polar surface area (TPSA) is 17.1 Å². The van der Waals surface area contributed by atoms with Crippen molar-refractivity contribution in [2.24, 2.45) is 10.8 Å². The van der Waals surface area contributed by atoms with Gasteiger partial charge in [0, 0.05) is 11.8 Å². The molecule has 1 fully saturated rings. The Kier molecular flexibility index (Phi) is 2.84. The predicted octanol–water partition coefficient (Wildman–Crippen LogP) is 3.57. The molecular formula is C12H22O. The summed E-state index contributed by atoms with van der Waals surface area (Å²) in [5.74, 6) is 0.508. The van der Waals surface area contributed by atoms with Gasteiger partial charge in [-0.15, -0.1) is 0 Å². The molecule has 0 amide bonds. The molecule has 0 aromatic carbocycles. The van der Waals surface area contributed by atoms with Crippen molar-refractivity contribution in [1.29, 1.82) is 0 Å². The summed E-state index contributed by atoms with van der Waals surface area (Å²) < 4.78 is 0. The van der Waals surface area contributed by atoms with Crippen LogP contribution in [0.25, 0.3) is 0 Å². The third-order valence-electron chi connectivity index (χ3n) is 3.86. The minimum Gasteiger partial charge on any atom is -0.299 e. The van der Waals surface area contributed by atoms with Crippen LogP contribution in [-0.2, 0) is 4.79 Å². The molecule has 0 saturated heterocycles. The van der Waals surface area contributed by atoms with Crippen LogP contribution in [0.5, 0.6) is 0 Å². The first kappa shape index (κ1) is 10.7. The van der Waals surface area contributed by atoms with Gasteiger partial charge in [0.1, 0.15) is 5.78 Å². The summed E-state index contributed by atoms with van der Waals surface area (Å²) in [5, 5.41) is 0. The van der Waals surface area contributed by atoms with Gasteiger partial charge in [-0.05, 0) is 31.1 Å². The zero-order chi connectivity index (χ0) is 10.1. The van der Waals surface area contributed by atoms with Crippen LogP contribution in [0.3, 0.4) is 0 Å². The maximum absolute atomic E-state index is 12.0. The summed E-state index contributed by atoms with van der Waals surface area (Å²) in [5.41, 5.74) is 0.292. The van der Waals surface area contributed by atoms with E-state index in [0.717, 1.165) is 25.7 Å². The molecular weight excluding hydrogens is 160 g/mol. The molecule has 1 aliphatic rings. The van der Waals surface area contributed by atoms with Gasteiger partial charge in [0.25, 0.3) is 0 Å². The van der Waals surface area contributed by atoms with Crippen LogP contribution in [0, 0.1) is 10.8 Å². The van der Waals surface area contributed by atoms with E-state index in [0.29, 0.717) is 5.78 Å². The van der Waals surface area contributed by atoms with Gasteiger partial charge in [0.15, 0.2) is 0 Å². The third-order valence-corrected chi connectivity index (χ3v) is 3.86. The first-order valence-electron chi connectivity index (χ1n) is 5.49. The lowest BCUT2D eigenvalue weighted by molar-refractivity contribution is -0.135. The van der Waals surface area contributed by atoms with Gasteiger partial charge < -0.3 is 0 Å². The van der Waals surface area contributed by atoms with Crippen molar-refractivity contribution in [1.82, 2.24) is 0 Å². The molecule has 0 spiro atoms. The second-order valence-corrected chi connectivity index (χ2v) is 5.25. The second kappa shape index (κ2) is 3.43. The second-order valence-electron chi connectivity index (χ2n) is 5.25. The Labute approximate surface area is 81.9 Å². The number of hydrogen-bond acceptors (Lipinski definition) is 1. The van der Waals surface area contributed by atoms with E-state index in [1.807, 2.05) is 0 Å². The lowest BCUT2D eigenvalue weighted by atomic mass is 9.62. The maximum atomic E-state index is 12.0. The first-order chi connectivity index (χ1) is 5.96. The summed E-state index contributed by atoms with van der Waals surface area (Å²) >= 11 is 0. The van der Waals surface area contributed by atoms with Gasteiger partial charge in [-0.25, -0.2) is 0 Å². The van der Waals surface area contributed by atoms with Crippen molar-refractivity contribution < 1.29 is 4.79 Å². The molecule has 1 rings (SSSR count). The summed E-state index contributed by atoms with van der Waals surface area (Å²) in [7, 11) is 0. The SMILES string of the molecule is CCC1(CC)CCC(C)(C)CC1=O. The van der Waals surface area contributed by atoms with Crippen LogP contribution < -0.4 is 0 Å². The average molecular weight is 182 g/mol. The Morgan fingerprint density at radius 1 is 1.15 bits per heavy atom. The fraction of sp³-hybridized carbons (Fsp3) is 0.917. The average Bonchev–Trinajstić information content (AvgIpc) is 2.05. The molecule has 0 radical (unpaired) electrons. The number of carbonyl (C=O) groups is 1. The minimum atomic E-state index is 0.0372. The van der Waals surface area contributed by atoms with Crippen LogP contribution in [-0.4, -0.2) is 5.78 Å². The third kappa shape index (κ3) is 1.95. The molecule has 0 bridgehead atoms. The zero-order valence-corrected chi connectivity index (χ0v) is 9.44. The Hall–Kier alpha value is -0.330. The Morgan fingerprint density at radius 2 is 1.69 bits per heavy atom. The Bertz CT molecular complexity index is 199. The lowest BCUT2D eigenvalue weighted by Crippen LogP contribution is -2.39. The molecule has 0 aromatic rings. The molecule has 1 aliphatic carbocycles. The monoisotopic (exact) mass is 182 g/mol. The fourth-order valence-electron chi connectivity index (χ4n) is 2.43. The number of rotatable bonds is 2. The van der Waals surface area contributed by atoms with Crippen LogP contribution >= 0.6 is 0 Å². The number of Topliss-reactive ketones (excluding diaryl/α,β-unsaturated/α-hetero) is 1. The standard InChI is InChI=1S/C12H22O/c1-5-12(6-2)8-7-11(3,4)9-10(12)13/h5-9H2,1-4H3. The van der Waals surface area contributed by atoms with E-state index < -0.39 is 0 Å². The number of hydrogen-bond donors (Lipinski definition) is 0. The molecule has 0 atom stereocenters. The number of ketones is 1. The van der Waals surface area contributed by atoms with E-state index in [-0.39, 0.29) is 10.8 Å². The minimum absolute atomic E-state index is 0.0372. The maximum Gasteiger partial charge on any atom is 0.139 e. The summed E-state index contributed by atoms with van der Waals surface area (Å²) in [6.45, 7) is 8.72. The molecule has 0 N–H and O–H groups in total. The van der Waals surface area contributed by atoms with Crippen LogP contribution in [0.4, 0.5) is 0 Å². The van der Waals surface area contributed by atoms with Gasteiger partial charge in [-0.1, -0.05) is 27.7 Å². The number of carbonyl (C=O) groups excluding carboxylic acids is 1. The Balaban J connectivity index is 2.78.